The minimum Gasteiger partial charge on any atom is -0.396 e. The molecule has 4 saturated carbocycles. The van der Waals surface area contributed by atoms with E-state index in [1.807, 2.05) is 5.57 Å². The lowest BCUT2D eigenvalue weighted by molar-refractivity contribution is -0.0478. The summed E-state index contributed by atoms with van der Waals surface area (Å²) in [5, 5.41) is 10.3. The van der Waals surface area contributed by atoms with Crippen molar-refractivity contribution in [3.63, 3.8) is 0 Å². The van der Waals surface area contributed by atoms with E-state index in [0.717, 1.165) is 24.2 Å². The molecule has 0 heterocycles. The molecule has 1 aromatic carbocycles. The van der Waals surface area contributed by atoms with E-state index in [2.05, 4.69) is 70.7 Å². The second-order valence-electron chi connectivity index (χ2n) is 14.5. The van der Waals surface area contributed by atoms with E-state index in [0.29, 0.717) is 40.1 Å². The summed E-state index contributed by atoms with van der Waals surface area (Å²) in [6.07, 6.45) is 16.1. The number of rotatable bonds is 5. The Bertz CT molecular complexity index is 1010. The third-order valence-corrected chi connectivity index (χ3v) is 12.5. The molecule has 1 heteroatoms. The Morgan fingerprint density at radius 1 is 1.06 bits per heavy atom. The molecule has 0 bridgehead atoms. The lowest BCUT2D eigenvalue weighted by Crippen LogP contribution is -2.54. The van der Waals surface area contributed by atoms with Crippen molar-refractivity contribution in [3.8, 4) is 0 Å². The average Bonchev–Trinajstić information content (AvgIpc) is 3.15. The van der Waals surface area contributed by atoms with Crippen LogP contribution in [0.15, 0.2) is 54.1 Å². The summed E-state index contributed by atoms with van der Waals surface area (Å²) < 4.78 is 0. The van der Waals surface area contributed by atoms with Crippen LogP contribution < -0.4 is 0 Å². The van der Waals surface area contributed by atoms with Crippen LogP contribution in [-0.2, 0) is 6.42 Å². The molecule has 1 aromatic rings. The predicted octanol–water partition coefficient (Wildman–Crippen LogP) is 8.39. The number of allylic oxidation sites excluding steroid dienone is 3. The van der Waals surface area contributed by atoms with Crippen molar-refractivity contribution < 1.29 is 5.11 Å². The standard InChI is InChI=1S/C34H48O/c1-23-17-28-32(5,30-29(23)31(30,3)4)24(2)33(14-9-10-15-33)22-34(28)16-13-26(20-34)19-27(21-35)18-25-11-7-6-8-12-25/h6-8,11-12,17,24,26-27,29-30,35H,1,9-10,13-16,18-22H2,2-5H3/t24-,26+,27-,29-,30+,32-,34-/m1/s1. The summed E-state index contributed by atoms with van der Waals surface area (Å²) in [5.41, 5.74) is 6.26. The van der Waals surface area contributed by atoms with Gasteiger partial charge in [-0.15, -0.1) is 0 Å². The van der Waals surface area contributed by atoms with Crippen LogP contribution >= 0.6 is 0 Å². The van der Waals surface area contributed by atoms with Gasteiger partial charge < -0.3 is 5.11 Å². The van der Waals surface area contributed by atoms with E-state index in [4.69, 9.17) is 0 Å². The Morgan fingerprint density at radius 3 is 2.46 bits per heavy atom. The van der Waals surface area contributed by atoms with E-state index in [-0.39, 0.29) is 0 Å². The number of hydrogen-bond acceptors (Lipinski definition) is 1. The molecule has 1 nitrogen and oxygen atoms in total. The zero-order valence-electron chi connectivity index (χ0n) is 22.8. The SMILES string of the molecule is C=C1C=C2[C@@]3(CC[C@@H](C[C@H](CO)Cc4ccccc4)C3)CC3(CCCC3)[C@H](C)[C@@]2(C)[C@H]2[C@@H]1C2(C)C. The molecule has 0 aromatic heterocycles. The van der Waals surface area contributed by atoms with E-state index in [1.165, 1.54) is 68.9 Å². The van der Waals surface area contributed by atoms with Crippen LogP contribution in [0.25, 0.3) is 0 Å². The number of benzene rings is 1. The monoisotopic (exact) mass is 472 g/mol. The van der Waals surface area contributed by atoms with Gasteiger partial charge in [0.05, 0.1) is 0 Å². The number of hydrogen-bond donors (Lipinski definition) is 1. The van der Waals surface area contributed by atoms with Crippen molar-refractivity contribution >= 4 is 0 Å². The van der Waals surface area contributed by atoms with Gasteiger partial charge >= 0.3 is 0 Å². The van der Waals surface area contributed by atoms with E-state index in [1.54, 1.807) is 0 Å². The maximum Gasteiger partial charge on any atom is 0.0462 e. The second kappa shape index (κ2) is 8.08. The van der Waals surface area contributed by atoms with Crippen LogP contribution in [0.4, 0.5) is 0 Å². The highest BCUT2D eigenvalue weighted by atomic mass is 16.3. The van der Waals surface area contributed by atoms with Gasteiger partial charge in [-0.2, -0.15) is 0 Å². The molecule has 7 atom stereocenters. The lowest BCUT2D eigenvalue weighted by atomic mass is 9.42. The van der Waals surface area contributed by atoms with E-state index >= 15 is 0 Å². The van der Waals surface area contributed by atoms with Gasteiger partial charge in [0.1, 0.15) is 0 Å². The van der Waals surface area contributed by atoms with Gasteiger partial charge in [-0.05, 0) is 108 Å². The molecule has 0 saturated heterocycles. The Kier molecular flexibility index (Phi) is 5.54. The first-order valence-corrected chi connectivity index (χ1v) is 14.7. The Labute approximate surface area is 214 Å². The van der Waals surface area contributed by atoms with Gasteiger partial charge in [-0.3, -0.25) is 0 Å². The number of aliphatic hydroxyl groups is 1. The van der Waals surface area contributed by atoms with Crippen molar-refractivity contribution in [2.24, 2.45) is 51.2 Å². The van der Waals surface area contributed by atoms with Gasteiger partial charge in [0.2, 0.25) is 0 Å². The van der Waals surface area contributed by atoms with Crippen molar-refractivity contribution in [2.45, 2.75) is 91.9 Å². The lowest BCUT2D eigenvalue weighted by Gasteiger charge is -2.62. The van der Waals surface area contributed by atoms with Crippen molar-refractivity contribution in [1.29, 1.82) is 0 Å². The van der Waals surface area contributed by atoms with Crippen LogP contribution in [0.2, 0.25) is 0 Å². The molecule has 0 aliphatic heterocycles. The summed E-state index contributed by atoms with van der Waals surface area (Å²) in [6, 6.07) is 10.8. The summed E-state index contributed by atoms with van der Waals surface area (Å²) in [4.78, 5) is 0. The van der Waals surface area contributed by atoms with E-state index in [9.17, 15) is 5.11 Å². The Balaban J connectivity index is 1.31. The normalized spacial score (nSPS) is 41.5. The minimum atomic E-state index is 0.314. The van der Waals surface area contributed by atoms with Gasteiger partial charge in [0.15, 0.2) is 0 Å². The average molecular weight is 473 g/mol. The first-order chi connectivity index (χ1) is 16.7. The van der Waals surface area contributed by atoms with Crippen LogP contribution in [-0.4, -0.2) is 11.7 Å². The highest BCUT2D eigenvalue weighted by Gasteiger charge is 2.74. The summed E-state index contributed by atoms with van der Waals surface area (Å²) in [6.45, 7) is 15.4. The molecule has 0 amide bonds. The molecular weight excluding hydrogens is 424 g/mol. The molecule has 0 unspecified atom stereocenters. The quantitative estimate of drug-likeness (QED) is 0.456. The summed E-state index contributed by atoms with van der Waals surface area (Å²) in [7, 11) is 0. The third-order valence-electron chi connectivity index (χ3n) is 12.5. The molecule has 6 rings (SSSR count). The van der Waals surface area contributed by atoms with Crippen molar-refractivity contribution in [3.05, 3.63) is 59.7 Å². The molecule has 4 fully saturated rings. The van der Waals surface area contributed by atoms with Crippen LogP contribution in [0.1, 0.15) is 91.0 Å². The fraction of sp³-hybridized carbons (Fsp3) is 0.706. The molecule has 2 spiro atoms. The first-order valence-electron chi connectivity index (χ1n) is 14.7. The smallest absolute Gasteiger partial charge is 0.0462 e. The van der Waals surface area contributed by atoms with Crippen LogP contribution in [0, 0.1) is 51.2 Å². The molecule has 0 radical (unpaired) electrons. The Hall–Kier alpha value is -1.34. The van der Waals surface area contributed by atoms with Gasteiger partial charge in [-0.25, -0.2) is 0 Å². The highest BCUT2D eigenvalue weighted by Crippen LogP contribution is 2.81. The predicted molar refractivity (Wildman–Crippen MR) is 146 cm³/mol. The second-order valence-corrected chi connectivity index (χ2v) is 14.5. The zero-order valence-corrected chi connectivity index (χ0v) is 22.8. The molecule has 190 valence electrons. The fourth-order valence-corrected chi connectivity index (χ4v) is 11.0. The number of fused-ring (bicyclic) bond motifs is 4. The highest BCUT2D eigenvalue weighted by molar-refractivity contribution is 5.48. The summed E-state index contributed by atoms with van der Waals surface area (Å²) in [5.74, 6) is 3.36. The largest absolute Gasteiger partial charge is 0.396 e. The zero-order chi connectivity index (χ0) is 24.6. The minimum absolute atomic E-state index is 0.314. The number of aliphatic hydroxyl groups excluding tert-OH is 1. The van der Waals surface area contributed by atoms with Gasteiger partial charge in [0.25, 0.3) is 0 Å². The van der Waals surface area contributed by atoms with Gasteiger partial charge in [0, 0.05) is 6.61 Å². The molecular formula is C34H48O. The van der Waals surface area contributed by atoms with Crippen molar-refractivity contribution in [1.82, 2.24) is 0 Å². The fourth-order valence-electron chi connectivity index (χ4n) is 11.0. The first kappa shape index (κ1) is 24.0. The molecule has 5 aliphatic rings. The molecule has 5 aliphatic carbocycles. The third kappa shape index (κ3) is 3.43. The van der Waals surface area contributed by atoms with Crippen molar-refractivity contribution in [2.75, 3.05) is 6.61 Å². The van der Waals surface area contributed by atoms with E-state index < -0.39 is 0 Å². The maximum atomic E-state index is 10.3. The van der Waals surface area contributed by atoms with Crippen LogP contribution in [0.5, 0.6) is 0 Å². The van der Waals surface area contributed by atoms with Crippen LogP contribution in [0.3, 0.4) is 0 Å². The topological polar surface area (TPSA) is 20.2 Å². The molecule has 35 heavy (non-hydrogen) atoms. The summed E-state index contributed by atoms with van der Waals surface area (Å²) >= 11 is 0. The maximum absolute atomic E-state index is 10.3. The van der Waals surface area contributed by atoms with Gasteiger partial charge in [-0.1, -0.05) is 94.7 Å². The Morgan fingerprint density at radius 2 is 1.77 bits per heavy atom. The molecule has 1 N–H and O–H groups in total.